The van der Waals surface area contributed by atoms with E-state index in [-0.39, 0.29) is 23.2 Å². The lowest BCUT2D eigenvalue weighted by atomic mass is 9.66. The fourth-order valence-electron chi connectivity index (χ4n) is 5.61. The highest BCUT2D eigenvalue weighted by Gasteiger charge is 2.44. The van der Waals surface area contributed by atoms with Crippen molar-refractivity contribution >= 4 is 5.97 Å². The maximum absolute atomic E-state index is 13.4. The molecule has 3 rings (SSSR count). The minimum absolute atomic E-state index is 0.0218. The molecule has 3 N–H and O–H groups in total. The predicted molar refractivity (Wildman–Crippen MR) is 150 cm³/mol. The molecule has 6 nitrogen and oxygen atoms in total. The first-order chi connectivity index (χ1) is 17.7. The molecule has 1 aromatic rings. The zero-order chi connectivity index (χ0) is 28.3. The van der Waals surface area contributed by atoms with Crippen molar-refractivity contribution < 1.29 is 29.6 Å². The maximum Gasteiger partial charge on any atom is 0.350 e. The largest absolute Gasteiger partial charge is 0.476 e. The van der Waals surface area contributed by atoms with E-state index in [9.17, 15) is 20.1 Å². The molecule has 0 aliphatic heterocycles. The van der Waals surface area contributed by atoms with Crippen molar-refractivity contribution in [1.29, 1.82) is 0 Å². The van der Waals surface area contributed by atoms with Crippen LogP contribution in [0.5, 0.6) is 5.75 Å². The number of esters is 1. The average molecular weight is 529 g/mol. The van der Waals surface area contributed by atoms with Crippen LogP contribution in [0, 0.1) is 17.8 Å². The molecule has 0 spiro atoms. The van der Waals surface area contributed by atoms with Crippen molar-refractivity contribution in [2.24, 2.45) is 17.8 Å². The summed E-state index contributed by atoms with van der Waals surface area (Å²) in [6.07, 6.45) is 6.33. The lowest BCUT2D eigenvalue weighted by Crippen LogP contribution is -2.47. The normalized spacial score (nSPS) is 27.2. The Kier molecular flexibility index (Phi) is 9.88. The second-order valence-electron chi connectivity index (χ2n) is 12.7. The van der Waals surface area contributed by atoms with Gasteiger partial charge in [0.2, 0.25) is 0 Å². The highest BCUT2D eigenvalue weighted by molar-refractivity contribution is 5.79. The van der Waals surface area contributed by atoms with E-state index in [0.717, 1.165) is 12.0 Å². The van der Waals surface area contributed by atoms with Gasteiger partial charge in [-0.05, 0) is 80.1 Å². The maximum atomic E-state index is 13.4. The quantitative estimate of drug-likeness (QED) is 0.348. The Morgan fingerprint density at radius 3 is 2.34 bits per heavy atom. The van der Waals surface area contributed by atoms with Crippen LogP contribution in [0.3, 0.4) is 0 Å². The third kappa shape index (κ3) is 7.71. The smallest absolute Gasteiger partial charge is 0.350 e. The summed E-state index contributed by atoms with van der Waals surface area (Å²) < 4.78 is 12.2. The first-order valence-corrected chi connectivity index (χ1v) is 14.2. The molecule has 0 amide bonds. The summed E-state index contributed by atoms with van der Waals surface area (Å²) in [5.74, 6) is 0.413. The van der Waals surface area contributed by atoms with Crippen LogP contribution in [0.25, 0.3) is 0 Å². The van der Waals surface area contributed by atoms with Crippen molar-refractivity contribution in [3.63, 3.8) is 0 Å². The summed E-state index contributed by atoms with van der Waals surface area (Å²) in [5, 5.41) is 31.0. The molecule has 0 bridgehead atoms. The molecule has 38 heavy (non-hydrogen) atoms. The minimum atomic E-state index is -1.21. The number of ether oxygens (including phenoxy) is 2. The number of hydrogen-bond acceptors (Lipinski definition) is 6. The Hall–Kier alpha value is -2.15. The molecular weight excluding hydrogens is 480 g/mol. The Morgan fingerprint density at radius 2 is 1.74 bits per heavy atom. The summed E-state index contributed by atoms with van der Waals surface area (Å²) >= 11 is 0. The van der Waals surface area contributed by atoms with Crippen LogP contribution < -0.4 is 4.74 Å². The van der Waals surface area contributed by atoms with E-state index >= 15 is 0 Å². The van der Waals surface area contributed by atoms with Gasteiger partial charge < -0.3 is 24.8 Å². The number of rotatable bonds is 10. The topological polar surface area (TPSA) is 96.2 Å². The number of aliphatic hydroxyl groups excluding tert-OH is 3. The number of fused-ring (bicyclic) bond motifs is 1. The summed E-state index contributed by atoms with van der Waals surface area (Å²) in [4.78, 5) is 13.4. The van der Waals surface area contributed by atoms with E-state index in [4.69, 9.17) is 9.47 Å². The predicted octanol–water partition coefficient (Wildman–Crippen LogP) is 5.48. The number of aliphatic hydroxyl groups is 3. The number of allylic oxidation sites excluding steroid dienone is 2. The second kappa shape index (κ2) is 12.4. The minimum Gasteiger partial charge on any atom is -0.476 e. The highest BCUT2D eigenvalue weighted by Crippen LogP contribution is 2.44. The number of carbonyl (C=O) groups excluding carboxylic acids is 1. The van der Waals surface area contributed by atoms with Crippen LogP contribution in [0.1, 0.15) is 86.1 Å². The van der Waals surface area contributed by atoms with Crippen LogP contribution in [-0.4, -0.2) is 51.3 Å². The van der Waals surface area contributed by atoms with E-state index in [0.29, 0.717) is 31.4 Å². The van der Waals surface area contributed by atoms with E-state index < -0.39 is 36.0 Å². The van der Waals surface area contributed by atoms with Gasteiger partial charge in [-0.25, -0.2) is 4.79 Å². The molecule has 2 aliphatic carbocycles. The van der Waals surface area contributed by atoms with Gasteiger partial charge in [0.25, 0.3) is 0 Å². The van der Waals surface area contributed by atoms with Gasteiger partial charge in [-0.15, -0.1) is 0 Å². The molecule has 7 atom stereocenters. The molecule has 1 aromatic carbocycles. The Labute approximate surface area is 228 Å². The van der Waals surface area contributed by atoms with E-state index in [1.807, 2.05) is 43.3 Å². The molecule has 0 fully saturated rings. The fraction of sp³-hybridized carbons (Fsp3) is 0.656. The zero-order valence-electron chi connectivity index (χ0n) is 24.2. The van der Waals surface area contributed by atoms with Crippen LogP contribution in [0.2, 0.25) is 0 Å². The lowest BCUT2D eigenvalue weighted by Gasteiger charge is -2.43. The molecule has 0 radical (unpaired) electrons. The molecule has 212 valence electrons. The van der Waals surface area contributed by atoms with Gasteiger partial charge in [0.15, 0.2) is 5.60 Å². The molecule has 0 unspecified atom stereocenters. The standard InChI is InChI=1S/C32H48O6/c1-8-23(33)18-24(34)13-16-27-20(2)9-10-21-17-25(35)19-28(29(21)27)37-30(36)32(6,7)38-26-14-11-22(12-15-26)31(3,4)5/h9-12,14-15,17,20,23-25,27-29,33-35H,8,13,16,18-19H2,1-7H3/t20-,23+,24+,25+,27-,28-,29-/m0/s1. The molecule has 6 heteroatoms. The van der Waals surface area contributed by atoms with Crippen LogP contribution in [0.15, 0.2) is 48.1 Å². The van der Waals surface area contributed by atoms with Crippen LogP contribution in [-0.2, 0) is 14.9 Å². The van der Waals surface area contributed by atoms with Gasteiger partial charge >= 0.3 is 5.97 Å². The van der Waals surface area contributed by atoms with Crippen molar-refractivity contribution in [2.75, 3.05) is 0 Å². The molecule has 2 aliphatic rings. The van der Waals surface area contributed by atoms with Gasteiger partial charge in [-0.2, -0.15) is 0 Å². The third-order valence-corrected chi connectivity index (χ3v) is 8.06. The number of carbonyl (C=O) groups is 1. The second-order valence-corrected chi connectivity index (χ2v) is 12.7. The Bertz CT molecular complexity index is 986. The number of benzene rings is 1. The van der Waals surface area contributed by atoms with Gasteiger partial charge in [0.05, 0.1) is 18.3 Å². The van der Waals surface area contributed by atoms with Gasteiger partial charge in [0, 0.05) is 12.3 Å². The van der Waals surface area contributed by atoms with E-state index in [1.165, 1.54) is 5.56 Å². The Balaban J connectivity index is 1.73. The number of hydrogen-bond donors (Lipinski definition) is 3. The molecule has 0 aromatic heterocycles. The molecular formula is C32H48O6. The fourth-order valence-corrected chi connectivity index (χ4v) is 5.61. The van der Waals surface area contributed by atoms with Gasteiger partial charge in [0.1, 0.15) is 11.9 Å². The van der Waals surface area contributed by atoms with Crippen molar-refractivity contribution in [3.8, 4) is 5.75 Å². The van der Waals surface area contributed by atoms with Crippen molar-refractivity contribution in [3.05, 3.63) is 53.6 Å². The summed E-state index contributed by atoms with van der Waals surface area (Å²) in [6, 6.07) is 7.79. The van der Waals surface area contributed by atoms with Crippen LogP contribution in [0.4, 0.5) is 0 Å². The van der Waals surface area contributed by atoms with E-state index in [2.05, 4.69) is 33.8 Å². The van der Waals surface area contributed by atoms with Gasteiger partial charge in [-0.1, -0.05) is 65.0 Å². The summed E-state index contributed by atoms with van der Waals surface area (Å²) in [6.45, 7) is 13.9. The first-order valence-electron chi connectivity index (χ1n) is 14.2. The Morgan fingerprint density at radius 1 is 1.08 bits per heavy atom. The van der Waals surface area contributed by atoms with Crippen LogP contribution >= 0.6 is 0 Å². The molecule has 0 saturated heterocycles. The summed E-state index contributed by atoms with van der Waals surface area (Å²) in [5.41, 5.74) is 0.964. The highest BCUT2D eigenvalue weighted by atomic mass is 16.6. The van der Waals surface area contributed by atoms with E-state index in [1.54, 1.807) is 13.8 Å². The monoisotopic (exact) mass is 528 g/mol. The molecule has 0 heterocycles. The van der Waals surface area contributed by atoms with Crippen molar-refractivity contribution in [2.45, 2.75) is 116 Å². The van der Waals surface area contributed by atoms with Gasteiger partial charge in [-0.3, -0.25) is 0 Å². The third-order valence-electron chi connectivity index (χ3n) is 8.06. The zero-order valence-corrected chi connectivity index (χ0v) is 24.2. The lowest BCUT2D eigenvalue weighted by molar-refractivity contribution is -0.170. The molecule has 0 saturated carbocycles. The first kappa shape index (κ1) is 30.4. The summed E-state index contributed by atoms with van der Waals surface area (Å²) in [7, 11) is 0. The average Bonchev–Trinajstić information content (AvgIpc) is 2.82. The van der Waals surface area contributed by atoms with Crippen molar-refractivity contribution in [1.82, 2.24) is 0 Å². The SMILES string of the molecule is CC[C@@H](O)C[C@H](O)CC[C@@H]1[C@@H]2C(=C[C@@H](O)C[C@@H]2OC(=O)C(C)(C)Oc2ccc(C(C)(C)C)cc2)C=C[C@@H]1C.